The summed E-state index contributed by atoms with van der Waals surface area (Å²) in [5.41, 5.74) is 3.18. The summed E-state index contributed by atoms with van der Waals surface area (Å²) in [7, 11) is -1.30. The highest BCUT2D eigenvalue weighted by molar-refractivity contribution is 6.83. The van der Waals surface area contributed by atoms with Crippen molar-refractivity contribution in [3.8, 4) is 0 Å². The summed E-state index contributed by atoms with van der Waals surface area (Å²) < 4.78 is 0. The van der Waals surface area contributed by atoms with E-state index in [2.05, 4.69) is 65.1 Å². The Labute approximate surface area is 94.7 Å². The van der Waals surface area contributed by atoms with Crippen LogP contribution >= 0.6 is 0 Å². The van der Waals surface area contributed by atoms with Gasteiger partial charge in [-0.1, -0.05) is 65.1 Å². The Bertz CT molecular complexity index is 363. The van der Waals surface area contributed by atoms with Crippen LogP contribution < -0.4 is 0 Å². The van der Waals surface area contributed by atoms with E-state index in [1.807, 2.05) is 0 Å². The van der Waals surface area contributed by atoms with Crippen molar-refractivity contribution in [2.75, 3.05) is 0 Å². The molecule has 0 atom stereocenters. The molecule has 0 spiro atoms. The summed E-state index contributed by atoms with van der Waals surface area (Å²) in [6.45, 7) is 14.8. The van der Waals surface area contributed by atoms with Gasteiger partial charge in [0.05, 0.1) is 8.07 Å². The maximum absolute atomic E-state index is 2.53. The molecule has 0 saturated heterocycles. The Morgan fingerprint density at radius 1 is 0.800 bits per heavy atom. The Balaban J connectivity index is 2.78. The third-order valence-corrected chi connectivity index (χ3v) is 12.2. The average Bonchev–Trinajstić information content (AvgIpc) is 2.26. The average molecular weight is 218 g/mol. The molecule has 0 fully saturated rings. The van der Waals surface area contributed by atoms with Crippen LogP contribution in [0, 0.1) is 0 Å². The lowest BCUT2D eigenvalue weighted by Gasteiger charge is -2.42. The van der Waals surface area contributed by atoms with E-state index < -0.39 is 8.07 Å². The highest BCUT2D eigenvalue weighted by atomic mass is 28.3. The first-order valence-electron chi connectivity index (χ1n) is 5.83. The van der Waals surface area contributed by atoms with Crippen LogP contribution in [-0.2, 0) is 10.1 Å². The van der Waals surface area contributed by atoms with Crippen LogP contribution in [-0.4, -0.2) is 8.07 Å². The molecule has 15 heavy (non-hydrogen) atoms. The predicted molar refractivity (Wildman–Crippen MR) is 70.0 cm³/mol. The van der Waals surface area contributed by atoms with Gasteiger partial charge in [-0.15, -0.1) is 0 Å². The predicted octanol–water partition coefficient (Wildman–Crippen LogP) is 4.04. The van der Waals surface area contributed by atoms with E-state index in [1.165, 1.54) is 0 Å². The van der Waals surface area contributed by atoms with Crippen LogP contribution in [0.15, 0.2) is 24.3 Å². The first-order valence-corrected chi connectivity index (χ1v) is 8.83. The Morgan fingerprint density at radius 2 is 1.13 bits per heavy atom. The maximum Gasteiger partial charge on any atom is 0.0683 e. The molecule has 1 heteroatoms. The van der Waals surface area contributed by atoms with Gasteiger partial charge >= 0.3 is 0 Å². The lowest BCUT2D eigenvalue weighted by molar-refractivity contribution is 0.688. The molecule has 1 aliphatic heterocycles. The van der Waals surface area contributed by atoms with Gasteiger partial charge in [0.2, 0.25) is 0 Å². The van der Waals surface area contributed by atoms with Crippen molar-refractivity contribution in [3.05, 3.63) is 35.4 Å². The van der Waals surface area contributed by atoms with E-state index in [0.29, 0.717) is 10.1 Å². The fraction of sp³-hybridized carbons (Fsp3) is 0.571. The molecule has 0 N–H and O–H groups in total. The normalized spacial score (nSPS) is 24.9. The second kappa shape index (κ2) is 2.76. The summed E-state index contributed by atoms with van der Waals surface area (Å²) in [5, 5.41) is 0.792. The van der Waals surface area contributed by atoms with Gasteiger partial charge in [0, 0.05) is 0 Å². The van der Waals surface area contributed by atoms with Gasteiger partial charge in [0.1, 0.15) is 0 Å². The van der Waals surface area contributed by atoms with Gasteiger partial charge in [-0.3, -0.25) is 0 Å². The van der Waals surface area contributed by atoms with Crippen LogP contribution in [0.3, 0.4) is 0 Å². The Morgan fingerprint density at radius 3 is 1.47 bits per heavy atom. The molecule has 0 saturated carbocycles. The van der Waals surface area contributed by atoms with E-state index in [1.54, 1.807) is 11.1 Å². The molecule has 1 aliphatic rings. The molecular formula is C14H22Si. The van der Waals surface area contributed by atoms with Gasteiger partial charge in [-0.2, -0.15) is 0 Å². The molecular weight excluding hydrogens is 196 g/mol. The smallest absolute Gasteiger partial charge is 0.0680 e. The van der Waals surface area contributed by atoms with E-state index in [0.717, 1.165) is 0 Å². The summed E-state index contributed by atoms with van der Waals surface area (Å²) in [6.07, 6.45) is 0. The fourth-order valence-corrected chi connectivity index (χ4v) is 6.37. The zero-order valence-corrected chi connectivity index (χ0v) is 11.8. The van der Waals surface area contributed by atoms with Crippen molar-refractivity contribution in [2.45, 2.75) is 50.9 Å². The molecule has 1 aromatic carbocycles. The summed E-state index contributed by atoms with van der Waals surface area (Å²) in [6, 6.07) is 9.04. The number of rotatable bonds is 0. The minimum atomic E-state index is -1.30. The van der Waals surface area contributed by atoms with Crippen molar-refractivity contribution < 1.29 is 0 Å². The van der Waals surface area contributed by atoms with Crippen LogP contribution in [0.4, 0.5) is 0 Å². The van der Waals surface area contributed by atoms with Crippen molar-refractivity contribution in [1.29, 1.82) is 0 Å². The zero-order valence-electron chi connectivity index (χ0n) is 10.8. The van der Waals surface area contributed by atoms with Crippen LogP contribution in [0.5, 0.6) is 0 Å². The van der Waals surface area contributed by atoms with E-state index in [9.17, 15) is 0 Å². The van der Waals surface area contributed by atoms with Gasteiger partial charge < -0.3 is 0 Å². The molecule has 2 rings (SSSR count). The standard InChI is InChI=1S/C14H22Si/c1-13(2)11-9-7-8-10-12(11)14(3,4)15(13,5)6/h7-10H,1-6H3. The van der Waals surface area contributed by atoms with Gasteiger partial charge in [0.15, 0.2) is 0 Å². The van der Waals surface area contributed by atoms with Gasteiger partial charge in [-0.25, -0.2) is 0 Å². The van der Waals surface area contributed by atoms with E-state index in [4.69, 9.17) is 0 Å². The molecule has 0 nitrogen and oxygen atoms in total. The number of hydrogen-bond acceptors (Lipinski definition) is 0. The minimum absolute atomic E-state index is 0.396. The summed E-state index contributed by atoms with van der Waals surface area (Å²) in [5.74, 6) is 0. The van der Waals surface area contributed by atoms with E-state index >= 15 is 0 Å². The second-order valence-corrected chi connectivity index (χ2v) is 12.2. The topological polar surface area (TPSA) is 0 Å². The molecule has 0 radical (unpaired) electrons. The Kier molecular flexibility index (Phi) is 2.01. The molecule has 0 aromatic heterocycles. The summed E-state index contributed by atoms with van der Waals surface area (Å²) in [4.78, 5) is 0. The van der Waals surface area contributed by atoms with Gasteiger partial charge in [0.25, 0.3) is 0 Å². The molecule has 82 valence electrons. The van der Waals surface area contributed by atoms with Crippen LogP contribution in [0.25, 0.3) is 0 Å². The zero-order chi connectivity index (χ0) is 11.5. The van der Waals surface area contributed by atoms with E-state index in [-0.39, 0.29) is 0 Å². The third-order valence-electron chi connectivity index (χ3n) is 5.40. The summed E-state index contributed by atoms with van der Waals surface area (Å²) >= 11 is 0. The lowest BCUT2D eigenvalue weighted by Crippen LogP contribution is -2.54. The molecule has 0 unspecified atom stereocenters. The van der Waals surface area contributed by atoms with Crippen molar-refractivity contribution in [2.24, 2.45) is 0 Å². The highest BCUT2D eigenvalue weighted by Crippen LogP contribution is 2.54. The second-order valence-electron chi connectivity index (χ2n) is 6.42. The van der Waals surface area contributed by atoms with Crippen LogP contribution in [0.2, 0.25) is 13.1 Å². The van der Waals surface area contributed by atoms with Crippen molar-refractivity contribution >= 4 is 8.07 Å². The quantitative estimate of drug-likeness (QED) is 0.577. The van der Waals surface area contributed by atoms with Crippen LogP contribution in [0.1, 0.15) is 38.8 Å². The molecule has 1 heterocycles. The number of hydrogen-bond donors (Lipinski definition) is 0. The molecule has 0 aliphatic carbocycles. The largest absolute Gasteiger partial charge is 0.0683 e. The first kappa shape index (κ1) is 10.9. The SMILES string of the molecule is CC1(C)c2ccccc2C(C)(C)[Si]1(C)C. The molecule has 0 amide bonds. The molecule has 1 aromatic rings. The first-order chi connectivity index (χ1) is 6.73. The molecule has 0 bridgehead atoms. The fourth-order valence-electron chi connectivity index (χ4n) is 3.03. The van der Waals surface area contributed by atoms with Gasteiger partial charge in [-0.05, 0) is 21.2 Å². The highest BCUT2D eigenvalue weighted by Gasteiger charge is 2.57. The third kappa shape index (κ3) is 1.07. The maximum atomic E-state index is 2.53. The monoisotopic (exact) mass is 218 g/mol. The van der Waals surface area contributed by atoms with Crippen molar-refractivity contribution in [3.63, 3.8) is 0 Å². The van der Waals surface area contributed by atoms with Crippen molar-refractivity contribution in [1.82, 2.24) is 0 Å². The minimum Gasteiger partial charge on any atom is -0.0680 e. The number of fused-ring (bicyclic) bond motifs is 1. The lowest BCUT2D eigenvalue weighted by atomic mass is 9.91. The number of benzene rings is 1. The Hall–Kier alpha value is -0.563.